The van der Waals surface area contributed by atoms with Crippen molar-refractivity contribution in [3.63, 3.8) is 0 Å². The van der Waals surface area contributed by atoms with Crippen LogP contribution in [-0.4, -0.2) is 20.9 Å². The Morgan fingerprint density at radius 1 is 0.875 bits per heavy atom. The Morgan fingerprint density at radius 3 is 2.00 bits per heavy atom. The summed E-state index contributed by atoms with van der Waals surface area (Å²) >= 11 is 0. The van der Waals surface area contributed by atoms with Crippen LogP contribution >= 0.6 is 10.6 Å². The lowest BCUT2D eigenvalue weighted by atomic mass is 9.59. The van der Waals surface area contributed by atoms with Crippen molar-refractivity contribution < 1.29 is 18.7 Å². The molecule has 5 aliphatic rings. The number of imide groups is 1. The number of hydrogen-bond acceptors (Lipinski definition) is 4. The maximum Gasteiger partial charge on any atom is 0.237 e. The summed E-state index contributed by atoms with van der Waals surface area (Å²) in [5, 5.41) is 0. The van der Waals surface area contributed by atoms with Crippen molar-refractivity contribution in [2.45, 2.75) is 37.2 Å². The molecule has 6 heteroatoms. The van der Waals surface area contributed by atoms with Gasteiger partial charge in [-0.1, -0.05) is 6.07 Å². The smallest absolute Gasteiger partial charge is 0.237 e. The second kappa shape index (κ2) is 4.84. The standard InChI is InChI=1S/C18H21NO4S/c20-17-15-10-1-2-11(4-3-10)16(15)18(21)19(17)14-6-5-12-8-24(22,23)9-13(12)7-14/h5-7,10-11,15-16,22-23H,1-4,8-9H2/t10-,11+,15-,16+. The number of benzene rings is 1. The van der Waals surface area contributed by atoms with Crippen LogP contribution in [0.3, 0.4) is 0 Å². The first-order valence-electron chi connectivity index (χ1n) is 8.68. The maximum atomic E-state index is 13.0. The summed E-state index contributed by atoms with van der Waals surface area (Å²) < 4.78 is 19.8. The van der Waals surface area contributed by atoms with E-state index in [4.69, 9.17) is 0 Å². The van der Waals surface area contributed by atoms with E-state index in [1.165, 1.54) is 4.90 Å². The molecule has 1 aromatic carbocycles. The van der Waals surface area contributed by atoms with E-state index in [2.05, 4.69) is 0 Å². The molecule has 0 spiro atoms. The molecule has 2 heterocycles. The second-order valence-corrected chi connectivity index (χ2v) is 9.96. The number of nitrogens with zero attached hydrogens (tertiary/aromatic N) is 1. The fourth-order valence-electron chi connectivity index (χ4n) is 5.40. The normalized spacial score (nSPS) is 37.5. The Bertz CT molecular complexity index is 723. The zero-order valence-corrected chi connectivity index (χ0v) is 14.2. The maximum absolute atomic E-state index is 13.0. The van der Waals surface area contributed by atoms with Crippen LogP contribution in [0, 0.1) is 23.7 Å². The van der Waals surface area contributed by atoms with Crippen LogP contribution in [0.15, 0.2) is 18.2 Å². The summed E-state index contributed by atoms with van der Waals surface area (Å²) in [5.74, 6) is 0.903. The van der Waals surface area contributed by atoms with E-state index >= 15 is 0 Å². The van der Waals surface area contributed by atoms with Gasteiger partial charge in [0.2, 0.25) is 11.8 Å². The Hall–Kier alpha value is -1.37. The van der Waals surface area contributed by atoms with Gasteiger partial charge in [0.05, 0.1) is 29.0 Å². The second-order valence-electron chi connectivity index (χ2n) is 7.78. The number of rotatable bonds is 1. The molecule has 3 saturated carbocycles. The minimum absolute atomic E-state index is 0.0380. The van der Waals surface area contributed by atoms with Crippen LogP contribution in [0.25, 0.3) is 0 Å². The van der Waals surface area contributed by atoms with Crippen molar-refractivity contribution in [2.24, 2.45) is 23.7 Å². The fraction of sp³-hybridized carbons (Fsp3) is 0.556. The third-order valence-corrected chi connectivity index (χ3v) is 8.00. The van der Waals surface area contributed by atoms with E-state index in [0.29, 0.717) is 17.5 Å². The average molecular weight is 347 g/mol. The van der Waals surface area contributed by atoms with Crippen LogP contribution in [0.5, 0.6) is 0 Å². The van der Waals surface area contributed by atoms with E-state index in [1.54, 1.807) is 6.07 Å². The number of anilines is 1. The number of carbonyl (C=O) groups excluding carboxylic acids is 2. The molecule has 2 amide bonds. The molecule has 2 aliphatic heterocycles. The SMILES string of the molecule is O=C1[C@@H]2[C@H]3CC[C@H](CC3)[C@@H]2C(=O)N1c1ccc2c(c1)CS(O)(O)C2. The van der Waals surface area contributed by atoms with Crippen LogP contribution in [0.1, 0.15) is 36.8 Å². The zero-order chi connectivity index (χ0) is 16.6. The molecule has 2 atom stereocenters. The van der Waals surface area contributed by atoms with Gasteiger partial charge < -0.3 is 0 Å². The predicted octanol–water partition coefficient (Wildman–Crippen LogP) is 3.38. The summed E-state index contributed by atoms with van der Waals surface area (Å²) in [6.45, 7) is 0. The van der Waals surface area contributed by atoms with Crippen LogP contribution in [0.4, 0.5) is 5.69 Å². The van der Waals surface area contributed by atoms with Crippen LogP contribution in [-0.2, 0) is 21.1 Å². The van der Waals surface area contributed by atoms with E-state index in [9.17, 15) is 18.7 Å². The van der Waals surface area contributed by atoms with Crippen molar-refractivity contribution in [1.29, 1.82) is 0 Å². The van der Waals surface area contributed by atoms with Crippen molar-refractivity contribution in [1.82, 2.24) is 0 Å². The quantitative estimate of drug-likeness (QED) is 0.764. The van der Waals surface area contributed by atoms with E-state index in [1.807, 2.05) is 12.1 Å². The van der Waals surface area contributed by atoms with Crippen molar-refractivity contribution in [3.05, 3.63) is 29.3 Å². The third-order valence-electron chi connectivity index (χ3n) is 6.45. The highest BCUT2D eigenvalue weighted by atomic mass is 32.3. The molecule has 0 unspecified atom stereocenters. The molecule has 5 nitrogen and oxygen atoms in total. The molecule has 1 aromatic rings. The minimum Gasteiger partial charge on any atom is -0.299 e. The lowest BCUT2D eigenvalue weighted by molar-refractivity contribution is -0.129. The number of amides is 2. The van der Waals surface area contributed by atoms with Crippen LogP contribution < -0.4 is 4.90 Å². The van der Waals surface area contributed by atoms with Gasteiger partial charge in [0.15, 0.2) is 0 Å². The molecule has 2 bridgehead atoms. The third kappa shape index (κ3) is 1.96. The first kappa shape index (κ1) is 14.9. The van der Waals surface area contributed by atoms with Gasteiger partial charge in [-0.2, -0.15) is 10.6 Å². The summed E-state index contributed by atoms with van der Waals surface area (Å²) in [4.78, 5) is 27.3. The molecular weight excluding hydrogens is 326 g/mol. The van der Waals surface area contributed by atoms with Crippen LogP contribution in [0.2, 0.25) is 0 Å². The van der Waals surface area contributed by atoms with Gasteiger partial charge in [-0.15, -0.1) is 0 Å². The Morgan fingerprint density at radius 2 is 1.42 bits per heavy atom. The highest BCUT2D eigenvalue weighted by Gasteiger charge is 2.58. The van der Waals surface area contributed by atoms with E-state index < -0.39 is 10.6 Å². The van der Waals surface area contributed by atoms with Gasteiger partial charge in [0.1, 0.15) is 0 Å². The first-order chi connectivity index (χ1) is 11.4. The van der Waals surface area contributed by atoms with Gasteiger partial charge in [-0.05, 0) is 60.8 Å². The summed E-state index contributed by atoms with van der Waals surface area (Å²) in [5.41, 5.74) is 2.37. The molecule has 4 fully saturated rings. The largest absolute Gasteiger partial charge is 0.299 e. The monoisotopic (exact) mass is 347 g/mol. The molecule has 1 saturated heterocycles. The van der Waals surface area contributed by atoms with Crippen molar-refractivity contribution >= 4 is 28.1 Å². The van der Waals surface area contributed by atoms with Gasteiger partial charge >= 0.3 is 0 Å². The molecule has 0 radical (unpaired) electrons. The molecule has 0 aromatic heterocycles. The van der Waals surface area contributed by atoms with E-state index in [0.717, 1.165) is 36.8 Å². The molecule has 6 rings (SSSR count). The molecule has 3 aliphatic carbocycles. The Kier molecular flexibility index (Phi) is 3.01. The molecule has 128 valence electrons. The van der Waals surface area contributed by atoms with Gasteiger partial charge in [-0.25, -0.2) is 0 Å². The Labute approximate surface area is 142 Å². The van der Waals surface area contributed by atoms with Crippen molar-refractivity contribution in [3.8, 4) is 0 Å². The number of hydrogen-bond donors (Lipinski definition) is 2. The van der Waals surface area contributed by atoms with E-state index in [-0.39, 0.29) is 35.2 Å². The van der Waals surface area contributed by atoms with Gasteiger partial charge in [0.25, 0.3) is 0 Å². The zero-order valence-electron chi connectivity index (χ0n) is 13.4. The summed E-state index contributed by atoms with van der Waals surface area (Å²) in [6, 6.07) is 5.43. The summed E-state index contributed by atoms with van der Waals surface area (Å²) in [7, 11) is -2.59. The lowest BCUT2D eigenvalue weighted by Gasteiger charge is -2.42. The van der Waals surface area contributed by atoms with Gasteiger partial charge in [-0.3, -0.25) is 23.6 Å². The lowest BCUT2D eigenvalue weighted by Crippen LogP contribution is -2.41. The van der Waals surface area contributed by atoms with Crippen molar-refractivity contribution in [2.75, 3.05) is 4.90 Å². The minimum atomic E-state index is -2.59. The highest BCUT2D eigenvalue weighted by Crippen LogP contribution is 2.55. The molecular formula is C18H21NO4S. The molecule has 2 N–H and O–H groups in total. The summed E-state index contributed by atoms with van der Waals surface area (Å²) in [6.07, 6.45) is 4.29. The topological polar surface area (TPSA) is 77.8 Å². The average Bonchev–Trinajstić information content (AvgIpc) is 3.02. The number of fused-ring (bicyclic) bond motifs is 3. The number of carbonyl (C=O) groups is 2. The molecule has 24 heavy (non-hydrogen) atoms. The Balaban J connectivity index is 1.52. The highest BCUT2D eigenvalue weighted by molar-refractivity contribution is 8.23. The first-order valence-corrected chi connectivity index (χ1v) is 10.6. The predicted molar refractivity (Wildman–Crippen MR) is 91.6 cm³/mol. The van der Waals surface area contributed by atoms with Gasteiger partial charge in [0, 0.05) is 0 Å². The fourth-order valence-corrected chi connectivity index (χ4v) is 7.05.